The van der Waals surface area contributed by atoms with Gasteiger partial charge in [-0.05, 0) is 29.8 Å². The molecule has 0 saturated heterocycles. The molecule has 3 rings (SSSR count). The molecule has 7 heteroatoms. The highest BCUT2D eigenvalue weighted by molar-refractivity contribution is 6.38. The predicted molar refractivity (Wildman–Crippen MR) is 92.9 cm³/mol. The van der Waals surface area contributed by atoms with Crippen molar-refractivity contribution in [1.29, 1.82) is 0 Å². The van der Waals surface area contributed by atoms with Crippen LogP contribution in [0.25, 0.3) is 10.9 Å². The molecule has 0 N–H and O–H groups in total. The van der Waals surface area contributed by atoms with Crippen molar-refractivity contribution in [3.63, 3.8) is 0 Å². The van der Waals surface area contributed by atoms with Gasteiger partial charge < -0.3 is 4.74 Å². The molecule has 0 aliphatic heterocycles. The Balaban J connectivity index is 2.04. The van der Waals surface area contributed by atoms with Crippen molar-refractivity contribution in [3.05, 3.63) is 74.3 Å². The molecule has 0 aliphatic rings. The van der Waals surface area contributed by atoms with E-state index in [0.29, 0.717) is 26.5 Å². The maximum atomic E-state index is 12.6. The Labute approximate surface area is 147 Å². The fraction of sp³-hybridized carbons (Fsp3) is 0.118. The summed E-state index contributed by atoms with van der Waals surface area (Å²) in [5.74, 6) is -0.431. The normalized spacial score (nSPS) is 10.8. The number of fused-ring (bicyclic) bond motifs is 1. The molecule has 0 amide bonds. The van der Waals surface area contributed by atoms with Crippen LogP contribution >= 0.6 is 23.2 Å². The highest BCUT2D eigenvalue weighted by Crippen LogP contribution is 2.24. The molecule has 1 heterocycles. The van der Waals surface area contributed by atoms with Crippen molar-refractivity contribution in [1.82, 2.24) is 9.55 Å². The standard InChI is InChI=1S/C17H12Cl2N2O3/c1-24-17(23)11-4-2-3-10(5-11)8-21-9-20-15-13(16(21)22)6-12(18)7-14(15)19/h2-7,9H,8H2,1H3. The highest BCUT2D eigenvalue weighted by Gasteiger charge is 2.10. The summed E-state index contributed by atoms with van der Waals surface area (Å²) in [5, 5.41) is 1.05. The van der Waals surface area contributed by atoms with Gasteiger partial charge in [0.25, 0.3) is 5.56 Å². The first-order valence-electron chi connectivity index (χ1n) is 7.01. The smallest absolute Gasteiger partial charge is 0.337 e. The van der Waals surface area contributed by atoms with E-state index in [-0.39, 0.29) is 12.1 Å². The van der Waals surface area contributed by atoms with Crippen LogP contribution in [0.15, 0.2) is 47.5 Å². The van der Waals surface area contributed by atoms with Crippen LogP contribution in [0, 0.1) is 0 Å². The van der Waals surface area contributed by atoms with E-state index >= 15 is 0 Å². The zero-order chi connectivity index (χ0) is 17.3. The van der Waals surface area contributed by atoms with E-state index in [2.05, 4.69) is 4.98 Å². The first-order valence-corrected chi connectivity index (χ1v) is 7.76. The van der Waals surface area contributed by atoms with Crippen LogP contribution in [0.4, 0.5) is 0 Å². The zero-order valence-electron chi connectivity index (χ0n) is 12.6. The van der Waals surface area contributed by atoms with E-state index in [1.807, 2.05) is 6.07 Å². The monoisotopic (exact) mass is 362 g/mol. The maximum absolute atomic E-state index is 12.6. The zero-order valence-corrected chi connectivity index (χ0v) is 14.1. The molecule has 24 heavy (non-hydrogen) atoms. The van der Waals surface area contributed by atoms with Crippen LogP contribution in [0.2, 0.25) is 10.0 Å². The molecule has 0 atom stereocenters. The highest BCUT2D eigenvalue weighted by atomic mass is 35.5. The number of carbonyl (C=O) groups is 1. The molecule has 0 aliphatic carbocycles. The van der Waals surface area contributed by atoms with E-state index in [4.69, 9.17) is 27.9 Å². The lowest BCUT2D eigenvalue weighted by Gasteiger charge is -2.09. The summed E-state index contributed by atoms with van der Waals surface area (Å²) < 4.78 is 6.14. The van der Waals surface area contributed by atoms with Crippen LogP contribution in [0.1, 0.15) is 15.9 Å². The van der Waals surface area contributed by atoms with Gasteiger partial charge in [0.2, 0.25) is 0 Å². The molecule has 0 saturated carbocycles. The lowest BCUT2D eigenvalue weighted by Crippen LogP contribution is -2.21. The molecular weight excluding hydrogens is 351 g/mol. The number of benzene rings is 2. The average molecular weight is 363 g/mol. The number of nitrogens with zero attached hydrogens (tertiary/aromatic N) is 2. The third-order valence-corrected chi connectivity index (χ3v) is 4.05. The number of halogens is 2. The van der Waals surface area contributed by atoms with E-state index in [1.165, 1.54) is 18.0 Å². The molecular formula is C17H12Cl2N2O3. The van der Waals surface area contributed by atoms with E-state index in [0.717, 1.165) is 5.56 Å². The fourth-order valence-corrected chi connectivity index (χ4v) is 2.96. The number of hydrogen-bond acceptors (Lipinski definition) is 4. The van der Waals surface area contributed by atoms with E-state index in [1.54, 1.807) is 30.3 Å². The van der Waals surface area contributed by atoms with Crippen LogP contribution in [-0.4, -0.2) is 22.6 Å². The molecule has 0 unspecified atom stereocenters. The van der Waals surface area contributed by atoms with Gasteiger partial charge in [-0.2, -0.15) is 0 Å². The Kier molecular flexibility index (Phi) is 4.55. The number of esters is 1. The third-order valence-electron chi connectivity index (χ3n) is 3.55. The topological polar surface area (TPSA) is 61.2 Å². The Morgan fingerprint density at radius 2 is 2.04 bits per heavy atom. The Morgan fingerprint density at radius 3 is 2.79 bits per heavy atom. The quantitative estimate of drug-likeness (QED) is 0.668. The van der Waals surface area contributed by atoms with Crippen molar-refractivity contribution >= 4 is 40.1 Å². The van der Waals surface area contributed by atoms with Gasteiger partial charge in [0.05, 0.1) is 41.5 Å². The lowest BCUT2D eigenvalue weighted by atomic mass is 10.1. The largest absolute Gasteiger partial charge is 0.465 e. The molecule has 5 nitrogen and oxygen atoms in total. The van der Waals surface area contributed by atoms with Crippen molar-refractivity contribution in [2.45, 2.75) is 6.54 Å². The number of methoxy groups -OCH3 is 1. The van der Waals surface area contributed by atoms with Gasteiger partial charge in [-0.15, -0.1) is 0 Å². The average Bonchev–Trinajstić information content (AvgIpc) is 2.57. The summed E-state index contributed by atoms with van der Waals surface area (Å²) in [5.41, 5.74) is 1.34. The molecule has 122 valence electrons. The van der Waals surface area contributed by atoms with Gasteiger partial charge in [0.1, 0.15) is 0 Å². The Bertz CT molecular complexity index is 999. The van der Waals surface area contributed by atoms with Gasteiger partial charge in [-0.1, -0.05) is 35.3 Å². The molecule has 0 radical (unpaired) electrons. The van der Waals surface area contributed by atoms with Crippen molar-refractivity contribution < 1.29 is 9.53 Å². The molecule has 2 aromatic carbocycles. The SMILES string of the molecule is COC(=O)c1cccc(Cn2cnc3c(Cl)cc(Cl)cc3c2=O)c1. The number of hydrogen-bond donors (Lipinski definition) is 0. The Hall–Kier alpha value is -2.37. The summed E-state index contributed by atoms with van der Waals surface area (Å²) in [6.45, 7) is 0.261. The number of rotatable bonds is 3. The third kappa shape index (κ3) is 3.13. The second-order valence-electron chi connectivity index (χ2n) is 5.15. The molecule has 0 spiro atoms. The minimum atomic E-state index is -0.431. The molecule has 0 bridgehead atoms. The molecule has 3 aromatic rings. The second-order valence-corrected chi connectivity index (χ2v) is 6.00. The molecule has 1 aromatic heterocycles. The maximum Gasteiger partial charge on any atom is 0.337 e. The first-order chi connectivity index (χ1) is 11.5. The lowest BCUT2D eigenvalue weighted by molar-refractivity contribution is 0.0600. The Morgan fingerprint density at radius 1 is 1.25 bits per heavy atom. The summed E-state index contributed by atoms with van der Waals surface area (Å²) >= 11 is 12.0. The summed E-state index contributed by atoms with van der Waals surface area (Å²) in [4.78, 5) is 28.5. The van der Waals surface area contributed by atoms with Crippen molar-refractivity contribution in [3.8, 4) is 0 Å². The van der Waals surface area contributed by atoms with Crippen molar-refractivity contribution in [2.75, 3.05) is 7.11 Å². The summed E-state index contributed by atoms with van der Waals surface area (Å²) in [6.07, 6.45) is 1.43. The minimum Gasteiger partial charge on any atom is -0.465 e. The van der Waals surface area contributed by atoms with Crippen LogP contribution in [-0.2, 0) is 11.3 Å². The van der Waals surface area contributed by atoms with Gasteiger partial charge in [0.15, 0.2) is 0 Å². The van der Waals surface area contributed by atoms with Crippen molar-refractivity contribution in [2.24, 2.45) is 0 Å². The molecule has 0 fully saturated rings. The minimum absolute atomic E-state index is 0.257. The van der Waals surface area contributed by atoms with Crippen LogP contribution < -0.4 is 5.56 Å². The van der Waals surface area contributed by atoms with Gasteiger partial charge in [-0.3, -0.25) is 9.36 Å². The summed E-state index contributed by atoms with van der Waals surface area (Å²) in [6, 6.07) is 9.95. The first kappa shape index (κ1) is 16.5. The fourth-order valence-electron chi connectivity index (χ4n) is 2.42. The second kappa shape index (κ2) is 6.63. The number of aromatic nitrogens is 2. The van der Waals surface area contributed by atoms with Crippen LogP contribution in [0.5, 0.6) is 0 Å². The van der Waals surface area contributed by atoms with Gasteiger partial charge in [-0.25, -0.2) is 9.78 Å². The van der Waals surface area contributed by atoms with Gasteiger partial charge >= 0.3 is 5.97 Å². The summed E-state index contributed by atoms with van der Waals surface area (Å²) in [7, 11) is 1.32. The predicted octanol–water partition coefficient (Wildman–Crippen LogP) is 3.54. The van der Waals surface area contributed by atoms with Gasteiger partial charge in [0, 0.05) is 5.02 Å². The number of ether oxygens (including phenoxy) is 1. The van der Waals surface area contributed by atoms with E-state index in [9.17, 15) is 9.59 Å². The van der Waals surface area contributed by atoms with Crippen LogP contribution in [0.3, 0.4) is 0 Å². The van der Waals surface area contributed by atoms with E-state index < -0.39 is 5.97 Å². The number of carbonyl (C=O) groups excluding carboxylic acids is 1.